The van der Waals surface area contributed by atoms with Crippen molar-refractivity contribution in [2.75, 3.05) is 7.05 Å². The minimum atomic E-state index is -0.474. The van der Waals surface area contributed by atoms with Crippen LogP contribution >= 0.6 is 0 Å². The van der Waals surface area contributed by atoms with Crippen molar-refractivity contribution in [3.63, 3.8) is 0 Å². The Morgan fingerprint density at radius 3 is 2.53 bits per heavy atom. The van der Waals surface area contributed by atoms with Crippen molar-refractivity contribution in [1.29, 1.82) is 0 Å². The van der Waals surface area contributed by atoms with Crippen LogP contribution in [0.2, 0.25) is 0 Å². The summed E-state index contributed by atoms with van der Waals surface area (Å²) in [4.78, 5) is 27.4. The number of hydroxylamine groups is 2. The van der Waals surface area contributed by atoms with Gasteiger partial charge in [-0.25, -0.2) is 0 Å². The van der Waals surface area contributed by atoms with Gasteiger partial charge >= 0.3 is 5.97 Å². The molecule has 0 unspecified atom stereocenters. The second-order valence-corrected chi connectivity index (χ2v) is 4.28. The van der Waals surface area contributed by atoms with Crippen LogP contribution in [0.5, 0.6) is 0 Å². The Bertz CT molecular complexity index is 430. The Balaban J connectivity index is 1.95. The summed E-state index contributed by atoms with van der Waals surface area (Å²) < 4.78 is 0. The van der Waals surface area contributed by atoms with Gasteiger partial charge in [0.1, 0.15) is 0 Å². The lowest BCUT2D eigenvalue weighted by Crippen LogP contribution is -2.30. The molecule has 1 aromatic carbocycles. The molecule has 0 bridgehead atoms. The van der Waals surface area contributed by atoms with E-state index in [0.29, 0.717) is 0 Å². The zero-order valence-corrected chi connectivity index (χ0v) is 9.92. The van der Waals surface area contributed by atoms with Gasteiger partial charge < -0.3 is 4.84 Å². The molecule has 0 aromatic heterocycles. The topological polar surface area (TPSA) is 46.6 Å². The Morgan fingerprint density at radius 2 is 1.94 bits per heavy atom. The molecule has 1 amide bonds. The van der Waals surface area contributed by atoms with Gasteiger partial charge in [-0.3, -0.25) is 9.59 Å². The van der Waals surface area contributed by atoms with E-state index >= 15 is 0 Å². The summed E-state index contributed by atoms with van der Waals surface area (Å²) in [5.41, 5.74) is 1.17. The lowest BCUT2D eigenvalue weighted by Gasteiger charge is -2.14. The number of rotatable bonds is 2. The molecule has 0 saturated heterocycles. The van der Waals surface area contributed by atoms with Crippen LogP contribution in [0.15, 0.2) is 30.3 Å². The van der Waals surface area contributed by atoms with Gasteiger partial charge in [0.25, 0.3) is 5.91 Å². The zero-order valence-electron chi connectivity index (χ0n) is 9.92. The standard InChI is InChI=1S/C13H15NO3/c1-9(15)17-14(2)13(16)12-8-11(12)10-6-4-3-5-7-10/h3-7,11-12H,8H2,1-2H3/t11-,12+/m0/s1. The number of amides is 1. The third-order valence-corrected chi connectivity index (χ3v) is 2.91. The van der Waals surface area contributed by atoms with Crippen molar-refractivity contribution < 1.29 is 14.4 Å². The van der Waals surface area contributed by atoms with Crippen LogP contribution < -0.4 is 0 Å². The molecule has 4 nitrogen and oxygen atoms in total. The van der Waals surface area contributed by atoms with E-state index in [2.05, 4.69) is 0 Å². The van der Waals surface area contributed by atoms with Crippen LogP contribution in [-0.4, -0.2) is 24.0 Å². The summed E-state index contributed by atoms with van der Waals surface area (Å²) in [6, 6.07) is 9.91. The number of carbonyl (C=O) groups is 2. The molecule has 0 aliphatic heterocycles. The van der Waals surface area contributed by atoms with Crippen LogP contribution in [0.4, 0.5) is 0 Å². The minimum Gasteiger partial charge on any atom is -0.339 e. The summed E-state index contributed by atoms with van der Waals surface area (Å²) in [6.45, 7) is 1.28. The highest BCUT2D eigenvalue weighted by molar-refractivity contribution is 5.83. The molecular formula is C13H15NO3. The van der Waals surface area contributed by atoms with E-state index in [1.807, 2.05) is 30.3 Å². The van der Waals surface area contributed by atoms with Gasteiger partial charge in [0.15, 0.2) is 0 Å². The van der Waals surface area contributed by atoms with E-state index in [1.54, 1.807) is 0 Å². The quantitative estimate of drug-likeness (QED) is 0.731. The summed E-state index contributed by atoms with van der Waals surface area (Å²) in [7, 11) is 1.48. The molecule has 0 heterocycles. The maximum atomic E-state index is 11.9. The van der Waals surface area contributed by atoms with Gasteiger partial charge in [0.2, 0.25) is 0 Å². The molecule has 17 heavy (non-hydrogen) atoms. The molecule has 0 N–H and O–H groups in total. The van der Waals surface area contributed by atoms with Crippen LogP contribution in [0.25, 0.3) is 0 Å². The summed E-state index contributed by atoms with van der Waals surface area (Å²) in [6.07, 6.45) is 0.828. The Morgan fingerprint density at radius 1 is 1.29 bits per heavy atom. The molecule has 1 aliphatic carbocycles. The molecule has 1 saturated carbocycles. The molecule has 1 aromatic rings. The monoisotopic (exact) mass is 233 g/mol. The number of hydrogen-bond acceptors (Lipinski definition) is 3. The van der Waals surface area contributed by atoms with Crippen LogP contribution in [0, 0.1) is 5.92 Å². The van der Waals surface area contributed by atoms with Gasteiger partial charge in [-0.15, -0.1) is 0 Å². The normalized spacial score (nSPS) is 21.8. The second kappa shape index (κ2) is 4.57. The molecular weight excluding hydrogens is 218 g/mol. The first-order valence-electron chi connectivity index (χ1n) is 5.60. The highest BCUT2D eigenvalue weighted by atomic mass is 16.7. The highest BCUT2D eigenvalue weighted by Gasteiger charge is 2.45. The molecule has 0 spiro atoms. The average molecular weight is 233 g/mol. The van der Waals surface area contributed by atoms with E-state index in [-0.39, 0.29) is 17.7 Å². The van der Waals surface area contributed by atoms with Gasteiger partial charge in [0.05, 0.1) is 0 Å². The zero-order chi connectivity index (χ0) is 12.4. The molecule has 1 aliphatic rings. The van der Waals surface area contributed by atoms with E-state index in [0.717, 1.165) is 11.5 Å². The van der Waals surface area contributed by atoms with E-state index in [9.17, 15) is 9.59 Å². The largest absolute Gasteiger partial charge is 0.339 e. The second-order valence-electron chi connectivity index (χ2n) is 4.28. The Labute approximate surface area is 100 Å². The van der Waals surface area contributed by atoms with E-state index in [1.165, 1.54) is 19.5 Å². The van der Waals surface area contributed by atoms with Gasteiger partial charge in [-0.1, -0.05) is 30.3 Å². The number of carbonyl (C=O) groups excluding carboxylic acids is 2. The maximum Gasteiger partial charge on any atom is 0.329 e. The fourth-order valence-electron chi connectivity index (χ4n) is 2.01. The summed E-state index contributed by atoms with van der Waals surface area (Å²) in [5.74, 6) is -0.393. The molecule has 90 valence electrons. The molecule has 4 heteroatoms. The number of nitrogens with zero attached hydrogens (tertiary/aromatic N) is 1. The van der Waals surface area contributed by atoms with Crippen LogP contribution in [0.1, 0.15) is 24.8 Å². The van der Waals surface area contributed by atoms with Gasteiger partial charge in [-0.2, -0.15) is 5.06 Å². The van der Waals surface area contributed by atoms with Gasteiger partial charge in [-0.05, 0) is 17.9 Å². The van der Waals surface area contributed by atoms with Crippen molar-refractivity contribution in [2.45, 2.75) is 19.3 Å². The predicted octanol–water partition coefficient (Wildman–Crippen LogP) is 1.73. The molecule has 0 radical (unpaired) electrons. The fraction of sp³-hybridized carbons (Fsp3) is 0.385. The third kappa shape index (κ3) is 2.64. The molecule has 2 atom stereocenters. The predicted molar refractivity (Wildman–Crippen MR) is 61.8 cm³/mol. The molecule has 1 fully saturated rings. The smallest absolute Gasteiger partial charge is 0.329 e. The Hall–Kier alpha value is -1.84. The Kier molecular flexibility index (Phi) is 3.13. The lowest BCUT2D eigenvalue weighted by atomic mass is 10.1. The lowest BCUT2D eigenvalue weighted by molar-refractivity contribution is -0.191. The van der Waals surface area contributed by atoms with E-state index in [4.69, 9.17) is 4.84 Å². The minimum absolute atomic E-state index is 0.0539. The molecule has 2 rings (SSSR count). The van der Waals surface area contributed by atoms with Crippen molar-refractivity contribution in [3.8, 4) is 0 Å². The van der Waals surface area contributed by atoms with Crippen molar-refractivity contribution in [2.24, 2.45) is 5.92 Å². The first-order valence-corrected chi connectivity index (χ1v) is 5.60. The van der Waals surface area contributed by atoms with Crippen molar-refractivity contribution in [1.82, 2.24) is 5.06 Å². The first-order chi connectivity index (χ1) is 8.09. The third-order valence-electron chi connectivity index (χ3n) is 2.91. The maximum absolute atomic E-state index is 11.9. The number of hydrogen-bond donors (Lipinski definition) is 0. The summed E-state index contributed by atoms with van der Waals surface area (Å²) >= 11 is 0. The summed E-state index contributed by atoms with van der Waals surface area (Å²) in [5, 5.41) is 1.04. The van der Waals surface area contributed by atoms with E-state index < -0.39 is 5.97 Å². The van der Waals surface area contributed by atoms with Crippen LogP contribution in [0.3, 0.4) is 0 Å². The highest BCUT2D eigenvalue weighted by Crippen LogP contribution is 2.48. The average Bonchev–Trinajstić information content (AvgIpc) is 3.08. The SMILES string of the molecule is CC(=O)ON(C)C(=O)[C@@H]1C[C@H]1c1ccccc1. The van der Waals surface area contributed by atoms with Crippen molar-refractivity contribution >= 4 is 11.9 Å². The van der Waals surface area contributed by atoms with Crippen molar-refractivity contribution in [3.05, 3.63) is 35.9 Å². The van der Waals surface area contributed by atoms with Gasteiger partial charge in [0, 0.05) is 19.9 Å². The number of benzene rings is 1. The first kappa shape index (κ1) is 11.6. The van der Waals surface area contributed by atoms with Crippen LogP contribution in [-0.2, 0) is 14.4 Å². The fourth-order valence-corrected chi connectivity index (χ4v) is 2.01.